The molecule has 10 heteroatoms. The van der Waals surface area contributed by atoms with Gasteiger partial charge in [0, 0.05) is 23.9 Å². The monoisotopic (exact) mass is 431 g/mol. The average molecular weight is 431 g/mol. The van der Waals surface area contributed by atoms with Gasteiger partial charge in [0.15, 0.2) is 0 Å². The Labute approximate surface area is 178 Å². The Morgan fingerprint density at radius 1 is 1.13 bits per heavy atom. The zero-order valence-electron chi connectivity index (χ0n) is 17.7. The number of benzene rings is 1. The number of amides is 1. The molecule has 0 radical (unpaired) electrons. The number of aromatic nitrogens is 2. The van der Waals surface area contributed by atoms with Gasteiger partial charge in [0.05, 0.1) is 0 Å². The fraction of sp³-hybridized carbons (Fsp3) is 0.381. The molecule has 0 spiro atoms. The number of hydrogen-bond acceptors (Lipinski definition) is 6. The van der Waals surface area contributed by atoms with Gasteiger partial charge in [-0.2, -0.15) is 4.57 Å². The number of nitrogens with zero attached hydrogens (tertiary/aromatic N) is 2. The van der Waals surface area contributed by atoms with E-state index in [1.165, 1.54) is 25.3 Å². The lowest BCUT2D eigenvalue weighted by atomic mass is 10.2. The smallest absolute Gasteiger partial charge is 0.408 e. The van der Waals surface area contributed by atoms with Crippen molar-refractivity contribution in [1.82, 2.24) is 14.5 Å². The van der Waals surface area contributed by atoms with Gasteiger partial charge < -0.3 is 15.2 Å². The molecule has 0 aliphatic carbocycles. The van der Waals surface area contributed by atoms with E-state index in [0.29, 0.717) is 4.57 Å². The second-order valence-corrected chi connectivity index (χ2v) is 7.93. The fourth-order valence-corrected chi connectivity index (χ4v) is 2.76. The molecule has 1 amide bonds. The number of aryl methyl sites for hydroxylation is 2. The number of carboxylic acids is 1. The Kier molecular flexibility index (Phi) is 7.16. The first-order valence-electron chi connectivity index (χ1n) is 9.56. The van der Waals surface area contributed by atoms with Crippen LogP contribution < -0.4 is 16.6 Å². The van der Waals surface area contributed by atoms with Crippen molar-refractivity contribution in [3.8, 4) is 0 Å². The van der Waals surface area contributed by atoms with Crippen LogP contribution >= 0.6 is 0 Å². The first kappa shape index (κ1) is 23.6. The summed E-state index contributed by atoms with van der Waals surface area (Å²) in [6.07, 6.45) is 0.171. The van der Waals surface area contributed by atoms with E-state index in [0.717, 1.165) is 4.57 Å². The van der Waals surface area contributed by atoms with E-state index < -0.39 is 40.9 Å². The molecule has 2 aromatic rings. The maximum absolute atomic E-state index is 12.8. The third-order valence-corrected chi connectivity index (χ3v) is 4.20. The van der Waals surface area contributed by atoms with Gasteiger partial charge in [-0.1, -0.05) is 18.2 Å². The minimum atomic E-state index is -1.34. The molecule has 10 nitrogen and oxygen atoms in total. The molecule has 2 N–H and O–H groups in total. The van der Waals surface area contributed by atoms with Gasteiger partial charge >= 0.3 is 17.8 Å². The molecule has 0 aliphatic rings. The number of carbonyl (C=O) groups excluding carboxylic acids is 2. The maximum atomic E-state index is 12.8. The molecule has 2 rings (SSSR count). The van der Waals surface area contributed by atoms with Crippen LogP contribution in [-0.2, 0) is 16.1 Å². The summed E-state index contributed by atoms with van der Waals surface area (Å²) >= 11 is 0. The lowest BCUT2D eigenvalue weighted by molar-refractivity contribution is -0.139. The first-order chi connectivity index (χ1) is 14.4. The molecule has 0 saturated carbocycles. The van der Waals surface area contributed by atoms with Gasteiger partial charge in [0.2, 0.25) is 0 Å². The molecule has 0 unspecified atom stereocenters. The molecule has 1 heterocycles. The summed E-state index contributed by atoms with van der Waals surface area (Å²) < 4.78 is 6.65. The van der Waals surface area contributed by atoms with Crippen LogP contribution in [0.2, 0.25) is 0 Å². The topological polar surface area (TPSA) is 137 Å². The summed E-state index contributed by atoms with van der Waals surface area (Å²) in [6, 6.07) is 6.52. The van der Waals surface area contributed by atoms with E-state index in [1.807, 2.05) is 0 Å². The molecule has 0 saturated heterocycles. The van der Waals surface area contributed by atoms with Crippen molar-refractivity contribution in [3.05, 3.63) is 68.5 Å². The van der Waals surface area contributed by atoms with Crippen molar-refractivity contribution in [1.29, 1.82) is 0 Å². The van der Waals surface area contributed by atoms with E-state index >= 15 is 0 Å². The minimum absolute atomic E-state index is 0.135. The van der Waals surface area contributed by atoms with Crippen LogP contribution in [-0.4, -0.2) is 43.9 Å². The molecular formula is C21H25N3O7. The first-order valence-corrected chi connectivity index (χ1v) is 9.56. The van der Waals surface area contributed by atoms with Crippen LogP contribution in [0.25, 0.3) is 0 Å². The van der Waals surface area contributed by atoms with Crippen molar-refractivity contribution in [2.24, 2.45) is 0 Å². The molecule has 1 aromatic carbocycles. The van der Waals surface area contributed by atoms with Crippen LogP contribution in [0.15, 0.2) is 46.1 Å². The lowest BCUT2D eigenvalue weighted by Gasteiger charge is -2.22. The van der Waals surface area contributed by atoms with E-state index in [4.69, 9.17) is 4.74 Å². The lowest BCUT2D eigenvalue weighted by Crippen LogP contribution is -2.47. The highest BCUT2D eigenvalue weighted by Crippen LogP contribution is 2.08. The second kappa shape index (κ2) is 9.41. The molecule has 166 valence electrons. The molecule has 1 aromatic heterocycles. The molecular weight excluding hydrogens is 406 g/mol. The van der Waals surface area contributed by atoms with Crippen molar-refractivity contribution >= 4 is 18.0 Å². The Morgan fingerprint density at radius 3 is 2.29 bits per heavy atom. The van der Waals surface area contributed by atoms with Crippen molar-refractivity contribution in [2.45, 2.75) is 52.3 Å². The summed E-state index contributed by atoms with van der Waals surface area (Å²) in [5.74, 6) is -2.10. The SMILES string of the molecule is Cc1cn(CC[C@H](NC(=O)OC(C)(C)C)C(=O)O)c(=O)n(C(=O)c2ccccc2)c1=O. The summed E-state index contributed by atoms with van der Waals surface area (Å²) in [7, 11) is 0. The second-order valence-electron chi connectivity index (χ2n) is 7.93. The summed E-state index contributed by atoms with van der Waals surface area (Å²) in [6.45, 7) is 6.20. The van der Waals surface area contributed by atoms with Crippen LogP contribution in [0.5, 0.6) is 0 Å². The van der Waals surface area contributed by atoms with Gasteiger partial charge in [-0.3, -0.25) is 14.2 Å². The van der Waals surface area contributed by atoms with Crippen LogP contribution in [0.1, 0.15) is 43.1 Å². The highest BCUT2D eigenvalue weighted by atomic mass is 16.6. The Balaban J connectivity index is 2.29. The zero-order valence-corrected chi connectivity index (χ0v) is 17.7. The predicted molar refractivity (Wildman–Crippen MR) is 111 cm³/mol. The van der Waals surface area contributed by atoms with Gasteiger partial charge in [-0.15, -0.1) is 0 Å². The number of aliphatic carboxylic acids is 1. The van der Waals surface area contributed by atoms with Crippen molar-refractivity contribution < 1.29 is 24.2 Å². The number of hydrogen-bond donors (Lipinski definition) is 2. The number of nitrogens with one attached hydrogen (secondary N) is 1. The van der Waals surface area contributed by atoms with Crippen molar-refractivity contribution in [3.63, 3.8) is 0 Å². The minimum Gasteiger partial charge on any atom is -0.480 e. The fourth-order valence-electron chi connectivity index (χ4n) is 2.76. The predicted octanol–water partition coefficient (Wildman–Crippen LogP) is 1.37. The van der Waals surface area contributed by atoms with E-state index in [-0.39, 0.29) is 24.1 Å². The largest absolute Gasteiger partial charge is 0.480 e. The average Bonchev–Trinajstić information content (AvgIpc) is 2.67. The van der Waals surface area contributed by atoms with Gasteiger partial charge in [-0.25, -0.2) is 14.4 Å². The van der Waals surface area contributed by atoms with Crippen molar-refractivity contribution in [2.75, 3.05) is 0 Å². The third-order valence-electron chi connectivity index (χ3n) is 4.20. The van der Waals surface area contributed by atoms with Crippen LogP contribution in [0, 0.1) is 6.92 Å². The number of rotatable bonds is 6. The van der Waals surface area contributed by atoms with Crippen LogP contribution in [0.4, 0.5) is 4.79 Å². The number of ether oxygens (including phenoxy) is 1. The summed E-state index contributed by atoms with van der Waals surface area (Å²) in [4.78, 5) is 61.4. The maximum Gasteiger partial charge on any atom is 0.408 e. The molecule has 1 atom stereocenters. The van der Waals surface area contributed by atoms with E-state index in [9.17, 15) is 29.1 Å². The summed E-state index contributed by atoms with van der Waals surface area (Å²) in [5.41, 5.74) is -2.17. The van der Waals surface area contributed by atoms with E-state index in [2.05, 4.69) is 5.32 Å². The third kappa shape index (κ3) is 6.14. The molecule has 0 bridgehead atoms. The molecule has 31 heavy (non-hydrogen) atoms. The van der Waals surface area contributed by atoms with Crippen LogP contribution in [0.3, 0.4) is 0 Å². The van der Waals surface area contributed by atoms with Gasteiger partial charge in [-0.05, 0) is 46.2 Å². The number of carbonyl (C=O) groups is 3. The Hall–Kier alpha value is -3.69. The number of carboxylic acid groups (broad SMARTS) is 1. The van der Waals surface area contributed by atoms with Gasteiger partial charge in [0.1, 0.15) is 11.6 Å². The normalized spacial score (nSPS) is 12.1. The Bertz CT molecular complexity index is 1090. The zero-order chi connectivity index (χ0) is 23.3. The molecule has 0 aliphatic heterocycles. The number of alkyl carbamates (subject to hydrolysis) is 1. The summed E-state index contributed by atoms with van der Waals surface area (Å²) in [5, 5.41) is 11.6. The quantitative estimate of drug-likeness (QED) is 0.705. The highest BCUT2D eigenvalue weighted by Gasteiger charge is 2.25. The van der Waals surface area contributed by atoms with Gasteiger partial charge in [0.25, 0.3) is 11.5 Å². The Morgan fingerprint density at radius 2 is 1.74 bits per heavy atom. The molecule has 0 fully saturated rings. The van der Waals surface area contributed by atoms with E-state index in [1.54, 1.807) is 39.0 Å². The standard InChI is InChI=1S/C21H25N3O7/c1-13-12-23(11-10-15(18(27)28)22-19(29)31-21(2,3)4)20(30)24(16(13)25)17(26)14-8-6-5-7-9-14/h5-9,12,15H,10-11H2,1-4H3,(H,22,29)(H,27,28)/t15-/m0/s1. The highest BCUT2D eigenvalue weighted by molar-refractivity contribution is 5.95.